The van der Waals surface area contributed by atoms with Crippen LogP contribution in [-0.2, 0) is 30.4 Å². The van der Waals surface area contributed by atoms with E-state index in [4.69, 9.17) is 17.3 Å². The molecule has 0 aromatic heterocycles. The van der Waals surface area contributed by atoms with Crippen LogP contribution in [0, 0.1) is 17.8 Å². The standard InChI is InChI=1S/C48H53ClN4O8/c1-27-22-43(57)44(53(3)48(61)35(6-4-5-21-50)26-42(56)32-10-8-30(9-11-32)31-14-17-36(49)18-15-31)34-16-20-41(55)38(25-34)37-23-29(7-19-40(37)54)24-39(52-46(27)59)47(60)51-28(2)45(58)33-12-13-33/h7-11,14-20,23,25,27-28,33,35,39,44,54-55H,4-6,12-13,21-22,24,26,50H2,1-3H3,(H,51,60)(H,52,59)/t27-,28+,35-,39+,44+/m1/s1. The number of benzene rings is 4. The Bertz CT molecular complexity index is 2290. The van der Waals surface area contributed by atoms with E-state index in [9.17, 15) is 39.0 Å². The maximum absolute atomic E-state index is 14.6. The third-order valence-electron chi connectivity index (χ3n) is 11.7. The molecule has 5 atom stereocenters. The number of carbonyl (C=O) groups excluding carboxylic acids is 6. The van der Waals surface area contributed by atoms with Gasteiger partial charge in [0.25, 0.3) is 0 Å². The number of nitrogens with zero attached hydrogens (tertiary/aromatic N) is 1. The molecule has 0 spiro atoms. The molecule has 1 aliphatic heterocycles. The van der Waals surface area contributed by atoms with Gasteiger partial charge in [-0.25, -0.2) is 0 Å². The monoisotopic (exact) mass is 848 g/mol. The van der Waals surface area contributed by atoms with Crippen molar-refractivity contribution in [2.75, 3.05) is 13.6 Å². The number of nitrogens with two attached hydrogens (primary N) is 1. The van der Waals surface area contributed by atoms with Crippen LogP contribution in [0.1, 0.15) is 86.3 Å². The average molecular weight is 849 g/mol. The fraction of sp³-hybridized carbons (Fsp3) is 0.375. The number of carbonyl (C=O) groups is 6. The Hall–Kier alpha value is -5.85. The van der Waals surface area contributed by atoms with Crippen LogP contribution >= 0.6 is 11.6 Å². The number of halogens is 1. The number of hydrogen-bond acceptors (Lipinski definition) is 9. The molecular formula is C48H53ClN4O8. The summed E-state index contributed by atoms with van der Waals surface area (Å²) < 4.78 is 0. The van der Waals surface area contributed by atoms with Crippen molar-refractivity contribution in [2.45, 2.75) is 83.3 Å². The predicted molar refractivity (Wildman–Crippen MR) is 233 cm³/mol. The lowest BCUT2D eigenvalue weighted by molar-refractivity contribution is -0.142. The Balaban J connectivity index is 1.31. The molecule has 13 heteroatoms. The summed E-state index contributed by atoms with van der Waals surface area (Å²) in [4.78, 5) is 84.5. The van der Waals surface area contributed by atoms with E-state index < -0.39 is 53.5 Å². The normalized spacial score (nSPS) is 18.9. The predicted octanol–water partition coefficient (Wildman–Crippen LogP) is 6.72. The SMILES string of the molecule is C[C@@H]1CC(=O)[C@@H](N(C)C(=O)[C@H](CCCCN)CC(=O)c2ccc(-c3ccc(Cl)cc3)cc2)c2ccc(O)c(c2)-c2cc(ccc2O)C[C@@H](C(=O)N[C@@H](C)C(=O)C2CC2)NC1=O. The van der Waals surface area contributed by atoms with E-state index in [0.29, 0.717) is 47.5 Å². The minimum absolute atomic E-state index is 0.0209. The number of nitrogens with one attached hydrogen (secondary N) is 2. The zero-order valence-corrected chi connectivity index (χ0v) is 35.4. The summed E-state index contributed by atoms with van der Waals surface area (Å²) in [6.45, 7) is 3.55. The molecule has 2 aliphatic rings. The van der Waals surface area contributed by atoms with Crippen molar-refractivity contribution in [3.05, 3.63) is 107 Å². The first kappa shape index (κ1) is 44.7. The lowest BCUT2D eigenvalue weighted by atomic mass is 9.88. The van der Waals surface area contributed by atoms with Crippen LogP contribution in [0.15, 0.2) is 84.9 Å². The third-order valence-corrected chi connectivity index (χ3v) is 11.9. The fourth-order valence-electron chi connectivity index (χ4n) is 7.96. The molecule has 4 aromatic rings. The number of ketones is 3. The summed E-state index contributed by atoms with van der Waals surface area (Å²) >= 11 is 6.06. The molecule has 61 heavy (non-hydrogen) atoms. The van der Waals surface area contributed by atoms with Crippen molar-refractivity contribution in [1.82, 2.24) is 15.5 Å². The molecule has 0 unspecified atom stereocenters. The van der Waals surface area contributed by atoms with Gasteiger partial charge in [0.2, 0.25) is 17.7 Å². The highest BCUT2D eigenvalue weighted by molar-refractivity contribution is 6.30. The van der Waals surface area contributed by atoms with E-state index in [-0.39, 0.29) is 59.4 Å². The maximum Gasteiger partial charge on any atom is 0.243 e. The van der Waals surface area contributed by atoms with Crippen molar-refractivity contribution in [1.29, 1.82) is 0 Å². The van der Waals surface area contributed by atoms with Crippen molar-refractivity contribution < 1.29 is 39.0 Å². The molecule has 12 nitrogen and oxygen atoms in total. The van der Waals surface area contributed by atoms with Crippen LogP contribution in [0.25, 0.3) is 22.3 Å². The first-order valence-corrected chi connectivity index (χ1v) is 21.2. The van der Waals surface area contributed by atoms with Crippen LogP contribution in [0.2, 0.25) is 5.02 Å². The van der Waals surface area contributed by atoms with Gasteiger partial charge in [-0.2, -0.15) is 0 Å². The smallest absolute Gasteiger partial charge is 0.243 e. The van der Waals surface area contributed by atoms with E-state index in [1.165, 1.54) is 36.2 Å². The number of unbranched alkanes of at least 4 members (excludes halogenated alkanes) is 1. The molecule has 1 fully saturated rings. The van der Waals surface area contributed by atoms with Crippen molar-refractivity contribution in [2.24, 2.45) is 23.5 Å². The van der Waals surface area contributed by atoms with Gasteiger partial charge in [0.05, 0.1) is 6.04 Å². The molecule has 4 bridgehead atoms. The Labute approximate surface area is 360 Å². The quantitative estimate of drug-likeness (QED) is 0.0676. The van der Waals surface area contributed by atoms with Gasteiger partial charge in [0.15, 0.2) is 17.3 Å². The molecule has 6 N–H and O–H groups in total. The first-order valence-electron chi connectivity index (χ1n) is 20.8. The van der Waals surface area contributed by atoms with E-state index >= 15 is 0 Å². The molecule has 1 heterocycles. The first-order chi connectivity index (χ1) is 29.1. The second-order valence-corrected chi connectivity index (χ2v) is 16.9. The van der Waals surface area contributed by atoms with E-state index in [0.717, 1.165) is 24.0 Å². The zero-order chi connectivity index (χ0) is 44.0. The molecule has 0 saturated heterocycles. The number of fused-ring (bicyclic) bond motifs is 5. The van der Waals surface area contributed by atoms with Gasteiger partial charge in [-0.15, -0.1) is 0 Å². The lowest BCUT2D eigenvalue weighted by Gasteiger charge is -2.32. The summed E-state index contributed by atoms with van der Waals surface area (Å²) in [5.41, 5.74) is 9.27. The lowest BCUT2D eigenvalue weighted by Crippen LogP contribution is -2.53. The van der Waals surface area contributed by atoms with Crippen LogP contribution in [0.4, 0.5) is 0 Å². The Morgan fingerprint density at radius 1 is 0.869 bits per heavy atom. The summed E-state index contributed by atoms with van der Waals surface area (Å²) in [5, 5.41) is 28.4. The highest BCUT2D eigenvalue weighted by Crippen LogP contribution is 2.40. The van der Waals surface area contributed by atoms with Crippen molar-refractivity contribution >= 4 is 46.7 Å². The molecular weight excluding hydrogens is 796 g/mol. The summed E-state index contributed by atoms with van der Waals surface area (Å²) in [6.07, 6.45) is 2.55. The van der Waals surface area contributed by atoms with Crippen molar-refractivity contribution in [3.8, 4) is 33.8 Å². The summed E-state index contributed by atoms with van der Waals surface area (Å²) in [7, 11) is 1.48. The minimum Gasteiger partial charge on any atom is -0.507 e. The Morgan fingerprint density at radius 2 is 1.49 bits per heavy atom. The molecule has 6 rings (SSSR count). The van der Waals surface area contributed by atoms with Crippen LogP contribution in [0.5, 0.6) is 11.5 Å². The molecule has 1 aliphatic carbocycles. The average Bonchev–Trinajstić information content (AvgIpc) is 4.10. The minimum atomic E-state index is -1.27. The summed E-state index contributed by atoms with van der Waals surface area (Å²) in [5.74, 6) is -4.76. The molecule has 1 saturated carbocycles. The van der Waals surface area contributed by atoms with Crippen LogP contribution in [0.3, 0.4) is 0 Å². The number of phenolic OH excluding ortho intramolecular Hbond substituents is 2. The maximum atomic E-state index is 14.6. The van der Waals surface area contributed by atoms with Gasteiger partial charge in [0.1, 0.15) is 23.6 Å². The Kier molecular flexibility index (Phi) is 14.4. The van der Waals surface area contributed by atoms with Gasteiger partial charge >= 0.3 is 0 Å². The number of Topliss-reactive ketones (excluding diaryl/α,β-unsaturated/α-hetero) is 3. The molecule has 320 valence electrons. The summed E-state index contributed by atoms with van der Waals surface area (Å²) in [6, 6.07) is 20.3. The van der Waals surface area contributed by atoms with Gasteiger partial charge in [0, 0.05) is 65.8 Å². The Morgan fingerprint density at radius 3 is 2.13 bits per heavy atom. The molecule has 3 amide bonds. The second kappa shape index (κ2) is 19.7. The largest absolute Gasteiger partial charge is 0.507 e. The number of phenols is 2. The van der Waals surface area contributed by atoms with Gasteiger partial charge in [-0.05, 0) is 97.8 Å². The molecule has 0 radical (unpaired) electrons. The highest BCUT2D eigenvalue weighted by atomic mass is 35.5. The zero-order valence-electron chi connectivity index (χ0n) is 34.7. The number of amides is 3. The number of likely N-dealkylation sites (N-methyl/N-ethyl adjacent to an activating group) is 1. The van der Waals surface area contributed by atoms with Gasteiger partial charge in [-0.1, -0.05) is 73.5 Å². The number of aromatic hydroxyl groups is 2. The van der Waals surface area contributed by atoms with E-state index in [1.54, 1.807) is 50.2 Å². The number of hydrogen-bond donors (Lipinski definition) is 5. The number of rotatable bonds is 14. The van der Waals surface area contributed by atoms with Gasteiger partial charge in [-0.3, -0.25) is 28.8 Å². The van der Waals surface area contributed by atoms with Crippen LogP contribution in [-0.4, -0.2) is 75.9 Å². The second-order valence-electron chi connectivity index (χ2n) is 16.4. The highest BCUT2D eigenvalue weighted by Gasteiger charge is 2.37. The van der Waals surface area contributed by atoms with E-state index in [1.807, 2.05) is 24.3 Å². The fourth-order valence-corrected chi connectivity index (χ4v) is 8.08. The van der Waals surface area contributed by atoms with Gasteiger partial charge < -0.3 is 31.5 Å². The van der Waals surface area contributed by atoms with Crippen LogP contribution < -0.4 is 16.4 Å². The topological polar surface area (TPSA) is 196 Å². The van der Waals surface area contributed by atoms with Crippen molar-refractivity contribution in [3.63, 3.8) is 0 Å². The molecule has 4 aromatic carbocycles. The van der Waals surface area contributed by atoms with E-state index in [2.05, 4.69) is 10.6 Å². The third kappa shape index (κ3) is 10.9.